The van der Waals surface area contributed by atoms with E-state index in [1.54, 1.807) is 6.08 Å². The highest BCUT2D eigenvalue weighted by Gasteiger charge is 2.40. The molecule has 1 aliphatic heterocycles. The third kappa shape index (κ3) is 4.43. The van der Waals surface area contributed by atoms with Crippen molar-refractivity contribution < 1.29 is 19.1 Å². The molecule has 2 N–H and O–H groups in total. The van der Waals surface area contributed by atoms with Crippen LogP contribution in [-0.4, -0.2) is 52.4 Å². The molecule has 3 aliphatic rings. The summed E-state index contributed by atoms with van der Waals surface area (Å²) in [4.78, 5) is 26.6. The molecule has 1 saturated heterocycles. The van der Waals surface area contributed by atoms with Gasteiger partial charge in [0.15, 0.2) is 0 Å². The first-order chi connectivity index (χ1) is 12.4. The molecule has 0 aromatic heterocycles. The van der Waals surface area contributed by atoms with Crippen molar-refractivity contribution in [2.24, 2.45) is 5.92 Å². The van der Waals surface area contributed by atoms with E-state index in [-0.39, 0.29) is 42.4 Å². The number of carbonyl (C=O) groups excluding carboxylic acids is 2. The highest BCUT2D eigenvalue weighted by atomic mass is 35.5. The van der Waals surface area contributed by atoms with Gasteiger partial charge in [-0.25, -0.2) is 4.39 Å². The maximum atomic E-state index is 13.5. The summed E-state index contributed by atoms with van der Waals surface area (Å²) in [6, 6.07) is -0.742. The number of hydrogen-bond acceptors (Lipinski definition) is 3. The number of aliphatic hydroxyl groups is 1. The highest BCUT2D eigenvalue weighted by molar-refractivity contribution is 6.22. The van der Waals surface area contributed by atoms with Gasteiger partial charge in [-0.1, -0.05) is 30.4 Å². The first-order valence-electron chi connectivity index (χ1n) is 8.74. The van der Waals surface area contributed by atoms with Crippen molar-refractivity contribution in [3.8, 4) is 0 Å². The summed E-state index contributed by atoms with van der Waals surface area (Å²) in [6.45, 7) is 0.428. The summed E-state index contributed by atoms with van der Waals surface area (Å²) in [5.41, 5.74) is 0.953. The number of alkyl halides is 1. The maximum absolute atomic E-state index is 13.5. The summed E-state index contributed by atoms with van der Waals surface area (Å²) in [6.07, 6.45) is 10.3. The molecule has 140 valence electrons. The van der Waals surface area contributed by atoms with Gasteiger partial charge < -0.3 is 15.3 Å². The van der Waals surface area contributed by atoms with E-state index < -0.39 is 18.1 Å². The minimum atomic E-state index is -0.756. The summed E-state index contributed by atoms with van der Waals surface area (Å²) >= 11 is 5.98. The van der Waals surface area contributed by atoms with Gasteiger partial charge in [0.05, 0.1) is 17.4 Å². The number of rotatable bonds is 4. The molecule has 0 aromatic carbocycles. The zero-order valence-corrected chi connectivity index (χ0v) is 15.0. The summed E-state index contributed by atoms with van der Waals surface area (Å²) in [5.74, 6) is -1.64. The van der Waals surface area contributed by atoms with Crippen molar-refractivity contribution in [1.29, 1.82) is 0 Å². The predicted molar refractivity (Wildman–Crippen MR) is 97.1 cm³/mol. The number of aliphatic hydroxyl groups excluding tert-OH is 1. The van der Waals surface area contributed by atoms with Gasteiger partial charge >= 0.3 is 0 Å². The molecular weight excluding hydrogens is 359 g/mol. The molecule has 0 saturated carbocycles. The van der Waals surface area contributed by atoms with Crippen LogP contribution in [-0.2, 0) is 9.59 Å². The van der Waals surface area contributed by atoms with Gasteiger partial charge in [0.2, 0.25) is 11.8 Å². The Balaban J connectivity index is 1.61. The van der Waals surface area contributed by atoms with Crippen molar-refractivity contribution >= 4 is 23.4 Å². The Labute approximate surface area is 156 Å². The monoisotopic (exact) mass is 380 g/mol. The van der Waals surface area contributed by atoms with E-state index in [1.807, 2.05) is 18.2 Å². The molecule has 4 atom stereocenters. The van der Waals surface area contributed by atoms with Gasteiger partial charge in [0, 0.05) is 25.9 Å². The Bertz CT molecular complexity index is 701. The van der Waals surface area contributed by atoms with Crippen LogP contribution in [0.4, 0.5) is 4.39 Å². The number of carbonyl (C=O) groups is 2. The number of hydrogen-bond donors (Lipinski definition) is 2. The molecule has 0 spiro atoms. The molecule has 0 aromatic rings. The van der Waals surface area contributed by atoms with Crippen LogP contribution >= 0.6 is 11.6 Å². The van der Waals surface area contributed by atoms with Crippen molar-refractivity contribution in [3.05, 3.63) is 47.9 Å². The Hall–Kier alpha value is -1.92. The van der Waals surface area contributed by atoms with Crippen LogP contribution in [0.25, 0.3) is 0 Å². The normalized spacial score (nSPS) is 30.8. The summed E-state index contributed by atoms with van der Waals surface area (Å²) in [7, 11) is 0. The number of β-amino-alcohol motifs (C(OH)–C–C–N with tert-alkyl or cyclic N) is 1. The van der Waals surface area contributed by atoms with Crippen molar-refractivity contribution in [3.63, 3.8) is 0 Å². The molecule has 0 radical (unpaired) electrons. The Kier molecular flexibility index (Phi) is 5.94. The van der Waals surface area contributed by atoms with E-state index in [0.29, 0.717) is 13.0 Å². The van der Waals surface area contributed by atoms with E-state index in [1.165, 1.54) is 17.1 Å². The molecule has 0 bridgehead atoms. The minimum absolute atomic E-state index is 0.00641. The fraction of sp³-hybridized carbons (Fsp3) is 0.474. The lowest BCUT2D eigenvalue weighted by Gasteiger charge is -2.27. The van der Waals surface area contributed by atoms with Crippen LogP contribution in [0.1, 0.15) is 19.3 Å². The quantitative estimate of drug-likeness (QED) is 0.733. The molecule has 3 unspecified atom stereocenters. The molecule has 2 amide bonds. The fourth-order valence-corrected chi connectivity index (χ4v) is 3.57. The highest BCUT2D eigenvalue weighted by Crippen LogP contribution is 2.26. The molecule has 1 fully saturated rings. The summed E-state index contributed by atoms with van der Waals surface area (Å²) < 4.78 is 13.5. The second-order valence-corrected chi connectivity index (χ2v) is 7.37. The number of nitrogens with zero attached hydrogens (tertiary/aromatic N) is 1. The van der Waals surface area contributed by atoms with Crippen molar-refractivity contribution in [2.75, 3.05) is 13.1 Å². The van der Waals surface area contributed by atoms with Crippen LogP contribution < -0.4 is 5.32 Å². The lowest BCUT2D eigenvalue weighted by molar-refractivity contribution is -0.140. The number of amides is 2. The minimum Gasteiger partial charge on any atom is -0.391 e. The number of nitrogens with one attached hydrogen (secondary N) is 1. The van der Waals surface area contributed by atoms with E-state index in [4.69, 9.17) is 11.6 Å². The largest absolute Gasteiger partial charge is 0.391 e. The van der Waals surface area contributed by atoms with Crippen LogP contribution in [0, 0.1) is 5.92 Å². The standard InChI is InChI=1S/C19H22ClFN2O3/c20-14-6-4-12(5-7-14)10-22-18(25)17-9-16(24)11-23(17)19(26)13-2-1-3-15(21)8-13/h1-6,13-14,16-17,24H,7-11H2,(H,22,25)/t13?,14?,16?,17-/m0/s1. The number of halogens is 2. The first kappa shape index (κ1) is 18.9. The molecule has 26 heavy (non-hydrogen) atoms. The molecule has 7 heteroatoms. The van der Waals surface area contributed by atoms with Crippen LogP contribution in [0.3, 0.4) is 0 Å². The Morgan fingerprint density at radius 3 is 2.88 bits per heavy atom. The van der Waals surface area contributed by atoms with Gasteiger partial charge in [-0.3, -0.25) is 9.59 Å². The average Bonchev–Trinajstić information content (AvgIpc) is 3.02. The van der Waals surface area contributed by atoms with Crippen molar-refractivity contribution in [1.82, 2.24) is 10.2 Å². The second kappa shape index (κ2) is 8.18. The second-order valence-electron chi connectivity index (χ2n) is 6.81. The van der Waals surface area contributed by atoms with E-state index >= 15 is 0 Å². The lowest BCUT2D eigenvalue weighted by Crippen LogP contribution is -2.48. The number of allylic oxidation sites excluding steroid dienone is 5. The van der Waals surface area contributed by atoms with Gasteiger partial charge in [-0.2, -0.15) is 0 Å². The Morgan fingerprint density at radius 2 is 2.19 bits per heavy atom. The summed E-state index contributed by atoms with van der Waals surface area (Å²) in [5, 5.41) is 12.7. The molecule has 3 rings (SSSR count). The van der Waals surface area contributed by atoms with Crippen LogP contribution in [0.5, 0.6) is 0 Å². The van der Waals surface area contributed by atoms with E-state index in [9.17, 15) is 19.1 Å². The average molecular weight is 381 g/mol. The molecule has 5 nitrogen and oxygen atoms in total. The van der Waals surface area contributed by atoms with Gasteiger partial charge in [-0.15, -0.1) is 11.6 Å². The zero-order valence-electron chi connectivity index (χ0n) is 14.3. The number of likely N-dealkylation sites (tertiary alicyclic amines) is 1. The molecule has 2 aliphatic carbocycles. The first-order valence-corrected chi connectivity index (χ1v) is 9.18. The van der Waals surface area contributed by atoms with E-state index in [0.717, 1.165) is 5.57 Å². The molecular formula is C19H22ClFN2O3. The van der Waals surface area contributed by atoms with Crippen molar-refractivity contribution in [2.45, 2.75) is 36.8 Å². The Morgan fingerprint density at radius 1 is 1.38 bits per heavy atom. The zero-order chi connectivity index (χ0) is 18.7. The third-order valence-corrected chi connectivity index (χ3v) is 5.13. The third-order valence-electron chi connectivity index (χ3n) is 4.81. The fourth-order valence-electron chi connectivity index (χ4n) is 3.41. The smallest absolute Gasteiger partial charge is 0.243 e. The van der Waals surface area contributed by atoms with Crippen LogP contribution in [0.2, 0.25) is 0 Å². The SMILES string of the molecule is O=C(NCC1=CCC(Cl)C=C1)[C@@H]1CC(O)CN1C(=O)C1C=CC=C(F)C1. The topological polar surface area (TPSA) is 69.6 Å². The van der Waals surface area contributed by atoms with Crippen LogP contribution in [0.15, 0.2) is 47.9 Å². The van der Waals surface area contributed by atoms with Gasteiger partial charge in [0.25, 0.3) is 0 Å². The van der Waals surface area contributed by atoms with E-state index in [2.05, 4.69) is 5.32 Å². The van der Waals surface area contributed by atoms with Gasteiger partial charge in [0.1, 0.15) is 11.9 Å². The predicted octanol–water partition coefficient (Wildman–Crippen LogP) is 1.99. The molecule has 1 heterocycles. The van der Waals surface area contributed by atoms with Gasteiger partial charge in [-0.05, 0) is 18.1 Å². The lowest BCUT2D eigenvalue weighted by atomic mass is 9.98. The maximum Gasteiger partial charge on any atom is 0.243 e.